The van der Waals surface area contributed by atoms with Crippen LogP contribution in [0.15, 0.2) is 18.5 Å². The Hall–Kier alpha value is -3.16. The molecule has 0 aliphatic carbocycles. The number of nitrogens with zero attached hydrogens (tertiary/aromatic N) is 6. The molecule has 2 fully saturated rings. The number of aromatic nitrogens is 5. The lowest BCUT2D eigenvalue weighted by Gasteiger charge is -2.18. The molecule has 3 aromatic rings. The third-order valence-corrected chi connectivity index (χ3v) is 5.93. The molecule has 0 aromatic carbocycles. The fourth-order valence-electron chi connectivity index (χ4n) is 4.34. The van der Waals surface area contributed by atoms with Crippen LogP contribution in [-0.2, 0) is 16.4 Å². The molecule has 0 unspecified atom stereocenters. The number of anilines is 2. The Morgan fingerprint density at radius 3 is 2.94 bits per heavy atom. The molecule has 2 aliphatic heterocycles. The highest BCUT2D eigenvalue weighted by atomic mass is 16.6. The summed E-state index contributed by atoms with van der Waals surface area (Å²) in [5.41, 5.74) is 1.07. The topological polar surface area (TPSA) is 112 Å². The average Bonchev–Trinajstić information content (AvgIpc) is 3.54. The van der Waals surface area contributed by atoms with Crippen molar-refractivity contribution in [3.05, 3.63) is 24.2 Å². The summed E-state index contributed by atoms with van der Waals surface area (Å²) < 4.78 is 43.3. The van der Waals surface area contributed by atoms with Gasteiger partial charge >= 0.3 is 0 Å². The molecule has 3 atom stereocenters. The van der Waals surface area contributed by atoms with Gasteiger partial charge in [-0.05, 0) is 19.9 Å². The molecule has 10 nitrogen and oxygen atoms in total. The van der Waals surface area contributed by atoms with Gasteiger partial charge in [-0.1, -0.05) is 6.92 Å². The van der Waals surface area contributed by atoms with Crippen LogP contribution in [0, 0.1) is 17.2 Å². The zero-order valence-electron chi connectivity index (χ0n) is 21.2. The Labute approximate surface area is 190 Å². The second-order valence-corrected chi connectivity index (χ2v) is 9.00. The van der Waals surface area contributed by atoms with Gasteiger partial charge in [0, 0.05) is 35.0 Å². The van der Waals surface area contributed by atoms with Crippen molar-refractivity contribution in [3.63, 3.8) is 0 Å². The number of hydrogen-bond acceptors (Lipinski definition) is 8. The van der Waals surface area contributed by atoms with Gasteiger partial charge in [-0.3, -0.25) is 4.68 Å². The van der Waals surface area contributed by atoms with Crippen LogP contribution in [0.1, 0.15) is 43.0 Å². The maximum absolute atomic E-state index is 9.69. The minimum atomic E-state index is -2.48. The lowest BCUT2D eigenvalue weighted by molar-refractivity contribution is 0.0317. The van der Waals surface area contributed by atoms with Gasteiger partial charge in [-0.2, -0.15) is 10.2 Å². The van der Waals surface area contributed by atoms with Crippen molar-refractivity contribution in [2.45, 2.75) is 44.9 Å². The summed E-state index contributed by atoms with van der Waals surface area (Å²) in [6, 6.07) is 3.98. The number of fused-ring (bicyclic) bond motifs is 1. The van der Waals surface area contributed by atoms with Crippen molar-refractivity contribution < 1.29 is 18.3 Å². The highest BCUT2D eigenvalue weighted by Gasteiger charge is 2.34. The zero-order chi connectivity index (χ0) is 25.0. The lowest BCUT2D eigenvalue weighted by atomic mass is 10.1. The Bertz CT molecular complexity index is 1290. The first-order chi connectivity index (χ1) is 16.5. The lowest BCUT2D eigenvalue weighted by Crippen LogP contribution is -2.20. The summed E-state index contributed by atoms with van der Waals surface area (Å²) in [6.07, 6.45) is 3.35. The van der Waals surface area contributed by atoms with Crippen LogP contribution in [-0.4, -0.2) is 55.8 Å². The molecule has 168 valence electrons. The molecular formula is C22H27N7O3. The first-order valence-electron chi connectivity index (χ1n) is 12.1. The van der Waals surface area contributed by atoms with Crippen LogP contribution in [0.25, 0.3) is 11.0 Å². The third kappa shape index (κ3) is 3.78. The second kappa shape index (κ2) is 7.76. The zero-order valence-corrected chi connectivity index (χ0v) is 18.2. The van der Waals surface area contributed by atoms with E-state index in [4.69, 9.17) is 18.3 Å². The van der Waals surface area contributed by atoms with Crippen LogP contribution in [0.2, 0.25) is 0 Å². The summed E-state index contributed by atoms with van der Waals surface area (Å²) in [5.74, 6) is 0.576. The van der Waals surface area contributed by atoms with E-state index >= 15 is 0 Å². The van der Waals surface area contributed by atoms with E-state index in [-0.39, 0.29) is 35.5 Å². The minimum absolute atomic E-state index is 0.0205. The standard InChI is InChI=1S/C22H27N7O3/c1-13-10-30-12-18(13)29-15(7-23)5-14-8-24-21(26-19(14)29)25-17-9-28(4)27-20(17)32-16-6-22(2,3)31-11-16/h5,8-9,13,16,18H,6,10-12H2,1-4H3,(H,24,25,26)/t13-,16-,18-/m0/s1/i4D3. The summed E-state index contributed by atoms with van der Waals surface area (Å²) in [5, 5.41) is 17.6. The molecule has 0 bridgehead atoms. The maximum Gasteiger partial charge on any atom is 0.257 e. The molecule has 0 spiro atoms. The smallest absolute Gasteiger partial charge is 0.257 e. The largest absolute Gasteiger partial charge is 0.469 e. The van der Waals surface area contributed by atoms with Gasteiger partial charge in [0.25, 0.3) is 5.88 Å². The molecule has 3 aromatic heterocycles. The SMILES string of the molecule is [2H]C([2H])([2H])n1cc(Nc2ncc3cc(C#N)n([C@H]4COC[C@@H]4C)c3n2)c(O[C@@H]2COC(C)(C)C2)n1. The van der Waals surface area contributed by atoms with Crippen molar-refractivity contribution in [2.24, 2.45) is 12.9 Å². The van der Waals surface area contributed by atoms with E-state index in [2.05, 4.69) is 33.4 Å². The Morgan fingerprint density at radius 2 is 2.25 bits per heavy atom. The van der Waals surface area contributed by atoms with Crippen LogP contribution < -0.4 is 10.1 Å². The van der Waals surface area contributed by atoms with Gasteiger partial charge in [0.05, 0.1) is 37.7 Å². The molecular weight excluding hydrogens is 410 g/mol. The Morgan fingerprint density at radius 1 is 1.38 bits per heavy atom. The maximum atomic E-state index is 9.69. The molecule has 1 N–H and O–H groups in total. The monoisotopic (exact) mass is 440 g/mol. The van der Waals surface area contributed by atoms with E-state index in [1.165, 1.54) is 6.20 Å². The van der Waals surface area contributed by atoms with E-state index < -0.39 is 6.98 Å². The molecule has 5 rings (SSSR count). The van der Waals surface area contributed by atoms with Crippen molar-refractivity contribution in [3.8, 4) is 11.9 Å². The average molecular weight is 441 g/mol. The second-order valence-electron chi connectivity index (χ2n) is 9.00. The molecule has 0 radical (unpaired) electrons. The van der Waals surface area contributed by atoms with Gasteiger partial charge in [-0.15, -0.1) is 5.10 Å². The van der Waals surface area contributed by atoms with Crippen molar-refractivity contribution in [1.82, 2.24) is 24.3 Å². The molecule has 0 amide bonds. The number of nitriles is 1. The molecule has 5 heterocycles. The van der Waals surface area contributed by atoms with Crippen LogP contribution in [0.5, 0.6) is 5.88 Å². The molecule has 32 heavy (non-hydrogen) atoms. The summed E-state index contributed by atoms with van der Waals surface area (Å²) in [6.45, 7) is 5.02. The first-order valence-corrected chi connectivity index (χ1v) is 10.6. The fraction of sp³-hybridized carbons (Fsp3) is 0.545. The third-order valence-electron chi connectivity index (χ3n) is 5.93. The molecule has 10 heteroatoms. The molecule has 2 saturated heterocycles. The van der Waals surface area contributed by atoms with Crippen molar-refractivity contribution in [2.75, 3.05) is 25.1 Å². The minimum Gasteiger partial charge on any atom is -0.469 e. The predicted octanol–water partition coefficient (Wildman–Crippen LogP) is 2.93. The molecule has 0 saturated carbocycles. The van der Waals surface area contributed by atoms with Gasteiger partial charge in [0.15, 0.2) is 0 Å². The van der Waals surface area contributed by atoms with E-state index in [1.54, 1.807) is 12.3 Å². The van der Waals surface area contributed by atoms with E-state index in [1.807, 2.05) is 18.4 Å². The van der Waals surface area contributed by atoms with Crippen LogP contribution in [0.4, 0.5) is 11.6 Å². The quantitative estimate of drug-likeness (QED) is 0.644. The number of ether oxygens (including phenoxy) is 3. The van der Waals surface area contributed by atoms with Crippen molar-refractivity contribution in [1.29, 1.82) is 5.26 Å². The van der Waals surface area contributed by atoms with Gasteiger partial charge in [0.2, 0.25) is 5.95 Å². The Kier molecular flexibility index (Phi) is 4.22. The van der Waals surface area contributed by atoms with E-state index in [0.717, 1.165) is 10.1 Å². The summed E-state index contributed by atoms with van der Waals surface area (Å²) in [4.78, 5) is 9.03. The number of rotatable bonds is 5. The highest BCUT2D eigenvalue weighted by molar-refractivity contribution is 5.79. The van der Waals surface area contributed by atoms with Gasteiger partial charge in [-0.25, -0.2) is 4.98 Å². The van der Waals surface area contributed by atoms with Gasteiger partial charge in [0.1, 0.15) is 29.2 Å². The van der Waals surface area contributed by atoms with Gasteiger partial charge < -0.3 is 24.1 Å². The fourth-order valence-corrected chi connectivity index (χ4v) is 4.34. The van der Waals surface area contributed by atoms with Crippen molar-refractivity contribution >= 4 is 22.7 Å². The van der Waals surface area contributed by atoms with E-state index in [0.29, 0.717) is 43.3 Å². The Balaban J connectivity index is 1.49. The highest BCUT2D eigenvalue weighted by Crippen LogP contribution is 2.33. The number of aryl methyl sites for hydroxylation is 1. The summed E-state index contributed by atoms with van der Waals surface area (Å²) >= 11 is 0. The normalized spacial score (nSPS) is 26.4. The number of nitrogens with one attached hydrogen (secondary N) is 1. The van der Waals surface area contributed by atoms with Crippen LogP contribution in [0.3, 0.4) is 0 Å². The van der Waals surface area contributed by atoms with Crippen LogP contribution >= 0.6 is 0 Å². The molecule has 2 aliphatic rings. The number of hydrogen-bond donors (Lipinski definition) is 1. The summed E-state index contributed by atoms with van der Waals surface area (Å²) in [7, 11) is 0. The first kappa shape index (κ1) is 17.4. The van der Waals surface area contributed by atoms with E-state index in [9.17, 15) is 5.26 Å². The predicted molar refractivity (Wildman–Crippen MR) is 117 cm³/mol.